The van der Waals surface area contributed by atoms with E-state index in [9.17, 15) is 9.18 Å². The van der Waals surface area contributed by atoms with Crippen LogP contribution in [0.15, 0.2) is 36.0 Å². The van der Waals surface area contributed by atoms with E-state index in [4.69, 9.17) is 5.26 Å². The fourth-order valence-electron chi connectivity index (χ4n) is 2.06. The summed E-state index contributed by atoms with van der Waals surface area (Å²) < 4.78 is 13.3. The number of thiazole rings is 1. The van der Waals surface area contributed by atoms with Gasteiger partial charge in [0.25, 0.3) is 5.91 Å². The van der Waals surface area contributed by atoms with Crippen molar-refractivity contribution in [1.82, 2.24) is 15.0 Å². The van der Waals surface area contributed by atoms with Crippen LogP contribution in [0, 0.1) is 24.1 Å². The second-order valence-corrected chi connectivity index (χ2v) is 5.74. The molecule has 3 heterocycles. The summed E-state index contributed by atoms with van der Waals surface area (Å²) in [5.41, 5.74) is 2.20. The van der Waals surface area contributed by atoms with Crippen molar-refractivity contribution in [1.29, 1.82) is 5.26 Å². The number of halogens is 1. The third kappa shape index (κ3) is 3.42. The first-order valence-corrected chi connectivity index (χ1v) is 7.70. The lowest BCUT2D eigenvalue weighted by atomic mass is 10.1. The van der Waals surface area contributed by atoms with Crippen LogP contribution < -0.4 is 5.32 Å². The molecule has 0 aliphatic rings. The van der Waals surface area contributed by atoms with Crippen molar-refractivity contribution in [3.05, 3.63) is 58.9 Å². The van der Waals surface area contributed by atoms with Gasteiger partial charge < -0.3 is 0 Å². The van der Waals surface area contributed by atoms with E-state index in [1.165, 1.54) is 12.3 Å². The molecule has 118 valence electrons. The van der Waals surface area contributed by atoms with Gasteiger partial charge in [-0.25, -0.2) is 14.4 Å². The van der Waals surface area contributed by atoms with Crippen molar-refractivity contribution in [2.45, 2.75) is 6.92 Å². The number of rotatable bonds is 3. The second-order valence-electron chi connectivity index (χ2n) is 4.88. The highest BCUT2D eigenvalue weighted by Crippen LogP contribution is 2.22. The summed E-state index contributed by atoms with van der Waals surface area (Å²) in [5.74, 6) is -0.914. The minimum Gasteiger partial charge on any atom is -0.296 e. The molecule has 1 N–H and O–H groups in total. The van der Waals surface area contributed by atoms with Crippen LogP contribution in [-0.2, 0) is 0 Å². The van der Waals surface area contributed by atoms with Gasteiger partial charge in [-0.15, -0.1) is 11.3 Å². The molecule has 0 fully saturated rings. The number of nitrogens with one attached hydrogen (secondary N) is 1. The number of nitrogens with zero attached hydrogens (tertiary/aromatic N) is 4. The Morgan fingerprint density at radius 1 is 1.25 bits per heavy atom. The molecular formula is C16H10FN5OS. The molecule has 3 rings (SSSR count). The van der Waals surface area contributed by atoms with E-state index >= 15 is 0 Å². The van der Waals surface area contributed by atoms with Crippen LogP contribution in [0.5, 0.6) is 0 Å². The van der Waals surface area contributed by atoms with E-state index in [0.717, 1.165) is 17.5 Å². The summed E-state index contributed by atoms with van der Waals surface area (Å²) in [4.78, 5) is 24.3. The average molecular weight is 339 g/mol. The molecule has 0 atom stereocenters. The van der Waals surface area contributed by atoms with Crippen molar-refractivity contribution in [3.8, 4) is 17.2 Å². The van der Waals surface area contributed by atoms with E-state index in [1.807, 2.05) is 6.07 Å². The van der Waals surface area contributed by atoms with Gasteiger partial charge in [0, 0.05) is 22.8 Å². The highest BCUT2D eigenvalue weighted by atomic mass is 32.1. The van der Waals surface area contributed by atoms with E-state index < -0.39 is 11.7 Å². The molecule has 0 spiro atoms. The molecule has 3 aromatic heterocycles. The first kappa shape index (κ1) is 15.7. The van der Waals surface area contributed by atoms with Crippen LogP contribution in [0.4, 0.5) is 9.52 Å². The Kier molecular flexibility index (Phi) is 4.26. The van der Waals surface area contributed by atoms with E-state index in [0.29, 0.717) is 22.0 Å². The molecule has 24 heavy (non-hydrogen) atoms. The molecule has 0 saturated heterocycles. The lowest BCUT2D eigenvalue weighted by molar-refractivity contribution is 0.102. The van der Waals surface area contributed by atoms with Gasteiger partial charge in [-0.3, -0.25) is 15.1 Å². The van der Waals surface area contributed by atoms with Crippen molar-refractivity contribution < 1.29 is 9.18 Å². The highest BCUT2D eigenvalue weighted by Gasteiger charge is 2.13. The molecule has 8 heteroatoms. The SMILES string of the molecule is Cc1cc(-c2cncc(F)c2)cc(C(=O)Nc2nc(C#N)cs2)n1. The lowest BCUT2D eigenvalue weighted by Crippen LogP contribution is -2.14. The second kappa shape index (κ2) is 6.52. The molecule has 0 aliphatic carbocycles. The molecule has 0 unspecified atom stereocenters. The number of carbonyl (C=O) groups excluding carboxylic acids is 1. The Labute approximate surface area is 140 Å². The highest BCUT2D eigenvalue weighted by molar-refractivity contribution is 7.14. The van der Waals surface area contributed by atoms with Crippen molar-refractivity contribution in [2.75, 3.05) is 5.32 Å². The molecule has 0 aliphatic heterocycles. The molecule has 0 radical (unpaired) electrons. The molecule has 3 aromatic rings. The van der Waals surface area contributed by atoms with Crippen LogP contribution in [0.2, 0.25) is 0 Å². The zero-order valence-electron chi connectivity index (χ0n) is 12.4. The fraction of sp³-hybridized carbons (Fsp3) is 0.0625. The molecular weight excluding hydrogens is 329 g/mol. The van der Waals surface area contributed by atoms with Gasteiger partial charge in [0.15, 0.2) is 10.8 Å². The van der Waals surface area contributed by atoms with E-state index in [2.05, 4.69) is 20.3 Å². The number of aryl methyl sites for hydroxylation is 1. The number of pyridine rings is 2. The van der Waals surface area contributed by atoms with Gasteiger partial charge in [0.2, 0.25) is 0 Å². The molecule has 1 amide bonds. The predicted molar refractivity (Wildman–Crippen MR) is 86.9 cm³/mol. The number of hydrogen-bond donors (Lipinski definition) is 1. The summed E-state index contributed by atoms with van der Waals surface area (Å²) >= 11 is 1.15. The van der Waals surface area contributed by atoms with Crippen molar-refractivity contribution in [2.24, 2.45) is 0 Å². The van der Waals surface area contributed by atoms with Crippen LogP contribution in [0.25, 0.3) is 11.1 Å². The number of anilines is 1. The van der Waals surface area contributed by atoms with E-state index in [-0.39, 0.29) is 11.4 Å². The summed E-state index contributed by atoms with van der Waals surface area (Å²) in [6.45, 7) is 1.74. The number of carbonyl (C=O) groups is 1. The third-order valence-electron chi connectivity index (χ3n) is 3.06. The van der Waals surface area contributed by atoms with Gasteiger partial charge in [0.05, 0.1) is 6.20 Å². The van der Waals surface area contributed by atoms with Gasteiger partial charge in [-0.1, -0.05) is 0 Å². The monoisotopic (exact) mass is 339 g/mol. The van der Waals surface area contributed by atoms with E-state index in [1.54, 1.807) is 24.4 Å². The topological polar surface area (TPSA) is 91.6 Å². The number of amides is 1. The van der Waals surface area contributed by atoms with Crippen LogP contribution in [-0.4, -0.2) is 20.9 Å². The van der Waals surface area contributed by atoms with Crippen LogP contribution >= 0.6 is 11.3 Å². The Bertz CT molecular complexity index is 963. The zero-order valence-corrected chi connectivity index (χ0v) is 13.3. The maximum atomic E-state index is 13.3. The Morgan fingerprint density at radius 2 is 2.08 bits per heavy atom. The van der Waals surface area contributed by atoms with Crippen LogP contribution in [0.3, 0.4) is 0 Å². The largest absolute Gasteiger partial charge is 0.296 e. The quantitative estimate of drug-likeness (QED) is 0.791. The standard InChI is InChI=1S/C16H10FN5OS/c1-9-2-10(11-3-12(17)7-19-6-11)4-14(20-9)15(23)22-16-21-13(5-18)8-24-16/h2-4,6-8H,1H3,(H,21,22,23). The number of nitriles is 1. The molecule has 0 aromatic carbocycles. The Morgan fingerprint density at radius 3 is 2.79 bits per heavy atom. The van der Waals surface area contributed by atoms with Gasteiger partial charge in [0.1, 0.15) is 17.6 Å². The van der Waals surface area contributed by atoms with Crippen molar-refractivity contribution in [3.63, 3.8) is 0 Å². The average Bonchev–Trinajstić information content (AvgIpc) is 3.02. The maximum absolute atomic E-state index is 13.3. The smallest absolute Gasteiger partial charge is 0.276 e. The first-order chi connectivity index (χ1) is 11.5. The lowest BCUT2D eigenvalue weighted by Gasteiger charge is -2.07. The first-order valence-electron chi connectivity index (χ1n) is 6.82. The third-order valence-corrected chi connectivity index (χ3v) is 3.82. The minimum absolute atomic E-state index is 0.169. The van der Waals surface area contributed by atoms with Gasteiger partial charge >= 0.3 is 0 Å². The number of aromatic nitrogens is 3. The van der Waals surface area contributed by atoms with Crippen LogP contribution in [0.1, 0.15) is 21.9 Å². The predicted octanol–water partition coefficient (Wildman–Crippen LogP) is 3.17. The summed E-state index contributed by atoms with van der Waals surface area (Å²) in [5, 5.41) is 13.2. The van der Waals surface area contributed by atoms with Crippen molar-refractivity contribution >= 4 is 22.4 Å². The fourth-order valence-corrected chi connectivity index (χ4v) is 2.70. The Balaban J connectivity index is 1.90. The number of hydrogen-bond acceptors (Lipinski definition) is 6. The molecule has 0 saturated carbocycles. The summed E-state index contributed by atoms with van der Waals surface area (Å²) in [7, 11) is 0. The molecule has 0 bridgehead atoms. The Hall–Kier alpha value is -3.18. The van der Waals surface area contributed by atoms with Gasteiger partial charge in [-0.2, -0.15) is 5.26 Å². The molecule has 6 nitrogen and oxygen atoms in total. The minimum atomic E-state index is -0.459. The zero-order chi connectivity index (χ0) is 17.1. The summed E-state index contributed by atoms with van der Waals surface area (Å²) in [6.07, 6.45) is 2.62. The maximum Gasteiger partial charge on any atom is 0.276 e. The summed E-state index contributed by atoms with van der Waals surface area (Å²) in [6, 6.07) is 6.53. The van der Waals surface area contributed by atoms with Gasteiger partial charge in [-0.05, 0) is 30.7 Å². The normalized spacial score (nSPS) is 10.2.